The average molecular weight is 497 g/mol. The molecule has 170 valence electrons. The van der Waals surface area contributed by atoms with Gasteiger partial charge in [0.15, 0.2) is 0 Å². The van der Waals surface area contributed by atoms with Crippen LogP contribution in [0.1, 0.15) is 17.0 Å². The Morgan fingerprint density at radius 1 is 1.30 bits per heavy atom. The zero-order chi connectivity index (χ0) is 23.0. The highest BCUT2D eigenvalue weighted by molar-refractivity contribution is 7.98. The summed E-state index contributed by atoms with van der Waals surface area (Å²) in [7, 11) is 0. The SMILES string of the molecule is CSCC[C@H](Nc1ccc(C=C(Cn2ccnc2)c2nccs2)cc1-c1ccsc1)C(=O)O. The van der Waals surface area contributed by atoms with Crippen LogP contribution in [0.5, 0.6) is 0 Å². The number of carboxylic acid groups (broad SMARTS) is 1. The van der Waals surface area contributed by atoms with Gasteiger partial charge in [0.2, 0.25) is 0 Å². The van der Waals surface area contributed by atoms with Crippen molar-refractivity contribution in [2.75, 3.05) is 17.3 Å². The Kier molecular flexibility index (Phi) is 7.98. The van der Waals surface area contributed by atoms with Crippen LogP contribution in [0.2, 0.25) is 0 Å². The molecule has 0 aliphatic rings. The second-order valence-corrected chi connectivity index (χ2v) is 10.0. The fraction of sp³-hybridized carbons (Fsp3) is 0.208. The molecule has 6 nitrogen and oxygen atoms in total. The third kappa shape index (κ3) is 6.13. The van der Waals surface area contributed by atoms with E-state index in [0.717, 1.165) is 38.7 Å². The third-order valence-corrected chi connectivity index (χ3v) is 7.25. The number of aliphatic carboxylic acids is 1. The Hall–Kier alpha value is -2.88. The molecule has 33 heavy (non-hydrogen) atoms. The monoisotopic (exact) mass is 496 g/mol. The van der Waals surface area contributed by atoms with Crippen LogP contribution < -0.4 is 5.32 Å². The molecule has 0 fully saturated rings. The fourth-order valence-electron chi connectivity index (χ4n) is 3.45. The van der Waals surface area contributed by atoms with E-state index in [2.05, 4.69) is 38.9 Å². The van der Waals surface area contributed by atoms with E-state index in [0.29, 0.717) is 13.0 Å². The van der Waals surface area contributed by atoms with Gasteiger partial charge >= 0.3 is 5.97 Å². The third-order valence-electron chi connectivity index (χ3n) is 5.07. The van der Waals surface area contributed by atoms with Crippen molar-refractivity contribution >= 4 is 57.7 Å². The van der Waals surface area contributed by atoms with E-state index in [1.807, 2.05) is 46.1 Å². The molecule has 2 N–H and O–H groups in total. The van der Waals surface area contributed by atoms with Crippen molar-refractivity contribution < 1.29 is 9.90 Å². The lowest BCUT2D eigenvalue weighted by molar-refractivity contribution is -0.137. The number of nitrogens with one attached hydrogen (secondary N) is 1. The van der Waals surface area contributed by atoms with Gasteiger partial charge in [0, 0.05) is 40.8 Å². The number of thiophene rings is 1. The Balaban J connectivity index is 1.70. The number of anilines is 1. The van der Waals surface area contributed by atoms with E-state index in [1.165, 1.54) is 0 Å². The first kappa shape index (κ1) is 23.3. The molecule has 0 bridgehead atoms. The second-order valence-electron chi connectivity index (χ2n) is 7.38. The van der Waals surface area contributed by atoms with E-state index in [9.17, 15) is 9.90 Å². The molecule has 9 heteroatoms. The van der Waals surface area contributed by atoms with Gasteiger partial charge < -0.3 is 15.0 Å². The minimum absolute atomic E-state index is 0.556. The van der Waals surface area contributed by atoms with Crippen LogP contribution in [0.4, 0.5) is 5.69 Å². The number of hydrogen-bond acceptors (Lipinski definition) is 7. The lowest BCUT2D eigenvalue weighted by Crippen LogP contribution is -2.30. The molecule has 0 spiro atoms. The number of allylic oxidation sites excluding steroid dienone is 1. The summed E-state index contributed by atoms with van der Waals surface area (Å²) in [6.45, 7) is 0.664. The first-order chi connectivity index (χ1) is 16.1. The summed E-state index contributed by atoms with van der Waals surface area (Å²) < 4.78 is 2.02. The summed E-state index contributed by atoms with van der Waals surface area (Å²) in [5.41, 5.74) is 4.99. The standard InChI is InChI=1S/C24H24N4O2S3/c1-31-9-5-22(24(29)30)27-21-3-2-17(13-20(21)18-4-10-32-15-18)12-19(23-26-7-11-33-23)14-28-8-6-25-16-28/h2-4,6-8,10-13,15-16,22,27H,5,9,14H2,1H3,(H,29,30)/t22-/m0/s1. The van der Waals surface area contributed by atoms with Crippen molar-refractivity contribution in [2.24, 2.45) is 0 Å². The number of benzene rings is 1. The number of thiazole rings is 1. The van der Waals surface area contributed by atoms with Crippen molar-refractivity contribution in [3.05, 3.63) is 75.9 Å². The van der Waals surface area contributed by atoms with Gasteiger partial charge in [-0.3, -0.25) is 0 Å². The van der Waals surface area contributed by atoms with Crippen molar-refractivity contribution in [3.8, 4) is 11.1 Å². The predicted molar refractivity (Wildman–Crippen MR) is 140 cm³/mol. The lowest BCUT2D eigenvalue weighted by Gasteiger charge is -2.18. The van der Waals surface area contributed by atoms with Crippen molar-refractivity contribution in [3.63, 3.8) is 0 Å². The summed E-state index contributed by atoms with van der Waals surface area (Å²) in [6, 6.07) is 7.53. The Morgan fingerprint density at radius 3 is 2.88 bits per heavy atom. The van der Waals surface area contributed by atoms with E-state index < -0.39 is 12.0 Å². The second kappa shape index (κ2) is 11.3. The molecule has 1 atom stereocenters. The summed E-state index contributed by atoms with van der Waals surface area (Å²) >= 11 is 4.87. The summed E-state index contributed by atoms with van der Waals surface area (Å²) in [4.78, 5) is 20.5. The largest absolute Gasteiger partial charge is 0.480 e. The van der Waals surface area contributed by atoms with Gasteiger partial charge in [-0.1, -0.05) is 6.07 Å². The molecule has 0 aliphatic carbocycles. The number of rotatable bonds is 11. The lowest BCUT2D eigenvalue weighted by atomic mass is 10.0. The smallest absolute Gasteiger partial charge is 0.326 e. The van der Waals surface area contributed by atoms with E-state index >= 15 is 0 Å². The zero-order valence-electron chi connectivity index (χ0n) is 18.0. The van der Waals surface area contributed by atoms with Gasteiger partial charge in [-0.25, -0.2) is 14.8 Å². The minimum atomic E-state index is -0.837. The summed E-state index contributed by atoms with van der Waals surface area (Å²) in [6.07, 6.45) is 12.0. The molecule has 0 saturated carbocycles. The van der Waals surface area contributed by atoms with Crippen LogP contribution in [-0.4, -0.2) is 43.7 Å². The first-order valence-corrected chi connectivity index (χ1v) is 13.6. The van der Waals surface area contributed by atoms with Gasteiger partial charge in [0.25, 0.3) is 0 Å². The maximum Gasteiger partial charge on any atom is 0.326 e. The highest BCUT2D eigenvalue weighted by Gasteiger charge is 2.19. The quantitative estimate of drug-likeness (QED) is 0.268. The molecule has 1 aromatic carbocycles. The van der Waals surface area contributed by atoms with Gasteiger partial charge in [0.05, 0.1) is 12.9 Å². The van der Waals surface area contributed by atoms with Gasteiger partial charge in [-0.2, -0.15) is 23.1 Å². The van der Waals surface area contributed by atoms with E-state index in [4.69, 9.17) is 0 Å². The molecule has 3 aromatic heterocycles. The number of hydrogen-bond donors (Lipinski definition) is 2. The highest BCUT2D eigenvalue weighted by Crippen LogP contribution is 2.33. The number of carboxylic acids is 1. The van der Waals surface area contributed by atoms with Crippen LogP contribution >= 0.6 is 34.4 Å². The topological polar surface area (TPSA) is 80.0 Å². The van der Waals surface area contributed by atoms with Gasteiger partial charge in [0.1, 0.15) is 11.0 Å². The molecule has 0 unspecified atom stereocenters. The molecule has 3 heterocycles. The van der Waals surface area contributed by atoms with Gasteiger partial charge in [-0.05, 0) is 64.6 Å². The van der Waals surface area contributed by atoms with Gasteiger partial charge in [-0.15, -0.1) is 11.3 Å². The molecule has 0 radical (unpaired) electrons. The highest BCUT2D eigenvalue weighted by atomic mass is 32.2. The normalized spacial score (nSPS) is 12.6. The fourth-order valence-corrected chi connectivity index (χ4v) is 5.22. The molecule has 4 aromatic rings. The van der Waals surface area contributed by atoms with Crippen LogP contribution in [-0.2, 0) is 11.3 Å². The van der Waals surface area contributed by atoms with Crippen LogP contribution in [0.15, 0.2) is 65.3 Å². The molecule has 4 rings (SSSR count). The van der Waals surface area contributed by atoms with Crippen LogP contribution in [0.3, 0.4) is 0 Å². The minimum Gasteiger partial charge on any atom is -0.480 e. The Bertz CT molecular complexity index is 1190. The summed E-state index contributed by atoms with van der Waals surface area (Å²) in [5.74, 6) is -0.0556. The molecule has 0 saturated heterocycles. The average Bonchev–Trinajstić information content (AvgIpc) is 3.60. The molecule has 0 amide bonds. The maximum atomic E-state index is 11.8. The molecular weight excluding hydrogens is 472 g/mol. The molecule has 0 aliphatic heterocycles. The summed E-state index contributed by atoms with van der Waals surface area (Å²) in [5, 5.41) is 20.0. The van der Waals surface area contributed by atoms with E-state index in [-0.39, 0.29) is 0 Å². The number of carbonyl (C=O) groups is 1. The zero-order valence-corrected chi connectivity index (χ0v) is 20.5. The van der Waals surface area contributed by atoms with Crippen LogP contribution in [0.25, 0.3) is 22.8 Å². The number of nitrogens with zero attached hydrogens (tertiary/aromatic N) is 3. The number of thioether (sulfide) groups is 1. The van der Waals surface area contributed by atoms with Crippen molar-refractivity contribution in [2.45, 2.75) is 19.0 Å². The first-order valence-electron chi connectivity index (χ1n) is 10.3. The van der Waals surface area contributed by atoms with Crippen LogP contribution in [0, 0.1) is 0 Å². The van der Waals surface area contributed by atoms with Crippen molar-refractivity contribution in [1.82, 2.24) is 14.5 Å². The maximum absolute atomic E-state index is 11.8. The number of imidazole rings is 1. The Labute approximate surface area is 205 Å². The van der Waals surface area contributed by atoms with Crippen molar-refractivity contribution in [1.29, 1.82) is 0 Å². The van der Waals surface area contributed by atoms with E-state index in [1.54, 1.807) is 47.0 Å². The molecular formula is C24H24N4O2S3. The number of aromatic nitrogens is 3. The predicted octanol–water partition coefficient (Wildman–Crippen LogP) is 5.93. The Morgan fingerprint density at radius 2 is 2.21 bits per heavy atom.